The Balaban J connectivity index is 2.26. The number of aromatic nitrogens is 1. The predicted molar refractivity (Wildman–Crippen MR) is 71.7 cm³/mol. The Labute approximate surface area is 112 Å². The van der Waals surface area contributed by atoms with Crippen molar-refractivity contribution in [2.75, 3.05) is 10.5 Å². The molecular formula is C9H11BrN2O3S2. The zero-order valence-electron chi connectivity index (χ0n) is 9.23. The van der Waals surface area contributed by atoms with Crippen LogP contribution in [0.25, 0.3) is 0 Å². The summed E-state index contributed by atoms with van der Waals surface area (Å²) in [5, 5.41) is 3.61. The molecule has 0 saturated heterocycles. The summed E-state index contributed by atoms with van der Waals surface area (Å²) in [5.74, 6) is 1.19. The van der Waals surface area contributed by atoms with Crippen molar-refractivity contribution in [3.8, 4) is 0 Å². The third kappa shape index (κ3) is 2.53. The smallest absolute Gasteiger partial charge is 0.254 e. The first-order valence-electron chi connectivity index (χ1n) is 4.79. The summed E-state index contributed by atoms with van der Waals surface area (Å²) in [7, 11) is -3.59. The maximum atomic E-state index is 12.2. The minimum atomic E-state index is -3.59. The quantitative estimate of drug-likeness (QED) is 0.857. The van der Waals surface area contributed by atoms with E-state index in [9.17, 15) is 8.42 Å². The van der Waals surface area contributed by atoms with Crippen LogP contribution in [0.5, 0.6) is 0 Å². The fourth-order valence-corrected chi connectivity index (χ4v) is 5.01. The van der Waals surface area contributed by atoms with E-state index in [2.05, 4.69) is 25.8 Å². The third-order valence-corrected chi connectivity index (χ3v) is 7.38. The molecule has 2 rings (SSSR count). The number of nitrogens with one attached hydrogen (secondary N) is 1. The third-order valence-electron chi connectivity index (χ3n) is 2.23. The zero-order valence-corrected chi connectivity index (χ0v) is 12.4. The van der Waals surface area contributed by atoms with Gasteiger partial charge in [-0.15, -0.1) is 11.8 Å². The first-order valence-corrected chi connectivity index (χ1v) is 8.05. The molecule has 2 heterocycles. The van der Waals surface area contributed by atoms with Gasteiger partial charge in [0.2, 0.25) is 0 Å². The molecule has 0 bridgehead atoms. The number of halogens is 1. The van der Waals surface area contributed by atoms with Crippen LogP contribution < -0.4 is 4.72 Å². The van der Waals surface area contributed by atoms with Crippen LogP contribution in [0.2, 0.25) is 0 Å². The van der Waals surface area contributed by atoms with Gasteiger partial charge in [-0.1, -0.05) is 21.1 Å². The number of thioether (sulfide) groups is 1. The molecule has 1 aliphatic rings. The highest BCUT2D eigenvalue weighted by molar-refractivity contribution is 9.12. The Bertz CT molecular complexity index is 567. The highest BCUT2D eigenvalue weighted by Crippen LogP contribution is 2.42. The number of rotatable bonds is 3. The molecule has 1 unspecified atom stereocenters. The van der Waals surface area contributed by atoms with Gasteiger partial charge < -0.3 is 4.52 Å². The van der Waals surface area contributed by atoms with Crippen molar-refractivity contribution in [1.82, 2.24) is 5.16 Å². The molecule has 0 fully saturated rings. The molecule has 1 atom stereocenters. The molecule has 1 N–H and O–H groups in total. The molecule has 0 aliphatic carbocycles. The summed E-state index contributed by atoms with van der Waals surface area (Å²) in [6.45, 7) is 3.58. The van der Waals surface area contributed by atoms with Gasteiger partial charge in [0, 0.05) is 11.8 Å². The molecule has 1 aliphatic heterocycles. The van der Waals surface area contributed by atoms with Crippen molar-refractivity contribution in [2.45, 2.75) is 17.5 Å². The molecule has 0 aromatic carbocycles. The fourth-order valence-electron chi connectivity index (χ4n) is 1.39. The minimum Gasteiger partial charge on any atom is -0.360 e. The largest absolute Gasteiger partial charge is 0.360 e. The van der Waals surface area contributed by atoms with E-state index in [1.807, 2.05) is 6.92 Å². The number of sulfonamides is 1. The van der Waals surface area contributed by atoms with Gasteiger partial charge in [0.25, 0.3) is 10.0 Å². The van der Waals surface area contributed by atoms with E-state index >= 15 is 0 Å². The Hall–Kier alpha value is -0.470. The standard InChI is InChI=1S/C9H11BrN2O3S2/c1-6-3-8(11-15-6)12-17(13,14)9(10)4-7(2)16-5-9/h3-4H,5H2,1-2H3,(H,11,12). The molecule has 0 radical (unpaired) electrons. The van der Waals surface area contributed by atoms with E-state index in [-0.39, 0.29) is 5.82 Å². The maximum absolute atomic E-state index is 12.2. The maximum Gasteiger partial charge on any atom is 0.254 e. The summed E-state index contributed by atoms with van der Waals surface area (Å²) in [4.78, 5) is 0.976. The van der Waals surface area contributed by atoms with Crippen LogP contribution >= 0.6 is 27.7 Å². The molecule has 1 aromatic rings. The molecule has 0 saturated carbocycles. The van der Waals surface area contributed by atoms with Crippen LogP contribution in [0.15, 0.2) is 21.6 Å². The second-order valence-electron chi connectivity index (χ2n) is 3.76. The van der Waals surface area contributed by atoms with E-state index in [0.717, 1.165) is 4.91 Å². The molecule has 0 spiro atoms. The van der Waals surface area contributed by atoms with Crippen LogP contribution in [0.3, 0.4) is 0 Å². The van der Waals surface area contributed by atoms with E-state index < -0.39 is 13.7 Å². The van der Waals surface area contributed by atoms with Gasteiger partial charge >= 0.3 is 0 Å². The van der Waals surface area contributed by atoms with E-state index in [1.54, 1.807) is 13.0 Å². The Kier molecular flexibility index (Phi) is 3.30. The normalized spacial score (nSPS) is 24.8. The Morgan fingerprint density at radius 2 is 2.29 bits per heavy atom. The minimum absolute atomic E-state index is 0.198. The lowest BCUT2D eigenvalue weighted by Crippen LogP contribution is -2.35. The topological polar surface area (TPSA) is 72.2 Å². The number of hydrogen-bond donors (Lipinski definition) is 1. The summed E-state index contributed by atoms with van der Waals surface area (Å²) in [6.07, 6.45) is 1.69. The number of hydrogen-bond acceptors (Lipinski definition) is 5. The predicted octanol–water partition coefficient (Wildman–Crippen LogP) is 2.47. The number of allylic oxidation sites excluding steroid dienone is 1. The first-order chi connectivity index (χ1) is 7.82. The van der Waals surface area contributed by atoms with Crippen molar-refractivity contribution >= 4 is 43.5 Å². The highest BCUT2D eigenvalue weighted by atomic mass is 79.9. The van der Waals surface area contributed by atoms with Gasteiger partial charge in [-0.25, -0.2) is 8.42 Å². The van der Waals surface area contributed by atoms with E-state index in [0.29, 0.717) is 11.5 Å². The fraction of sp³-hybridized carbons (Fsp3) is 0.444. The molecule has 17 heavy (non-hydrogen) atoms. The molecule has 0 amide bonds. The average molecular weight is 339 g/mol. The van der Waals surface area contributed by atoms with Crippen molar-refractivity contribution in [3.63, 3.8) is 0 Å². The molecule has 5 nitrogen and oxygen atoms in total. The SMILES string of the molecule is CC1=CC(Br)(S(=O)(=O)Nc2cc(C)on2)CS1. The Morgan fingerprint density at radius 1 is 1.59 bits per heavy atom. The van der Waals surface area contributed by atoms with Crippen molar-refractivity contribution in [1.29, 1.82) is 0 Å². The summed E-state index contributed by atoms with van der Waals surface area (Å²) in [5.41, 5.74) is 0. The van der Waals surface area contributed by atoms with Crippen LogP contribution in [0.4, 0.5) is 5.82 Å². The molecule has 8 heteroatoms. The second kappa shape index (κ2) is 4.33. The zero-order chi connectivity index (χ0) is 12.7. The van der Waals surface area contributed by atoms with Crippen molar-refractivity contribution in [2.24, 2.45) is 0 Å². The summed E-state index contributed by atoms with van der Waals surface area (Å²) < 4.78 is 30.5. The monoisotopic (exact) mass is 338 g/mol. The number of aryl methyl sites for hydroxylation is 1. The molecular weight excluding hydrogens is 328 g/mol. The lowest BCUT2D eigenvalue weighted by Gasteiger charge is -2.19. The van der Waals surface area contributed by atoms with Crippen LogP contribution in [-0.2, 0) is 10.0 Å². The highest BCUT2D eigenvalue weighted by Gasteiger charge is 2.43. The van der Waals surface area contributed by atoms with Gasteiger partial charge in [-0.3, -0.25) is 4.72 Å². The molecule has 1 aromatic heterocycles. The van der Waals surface area contributed by atoms with Gasteiger partial charge in [0.15, 0.2) is 9.47 Å². The van der Waals surface area contributed by atoms with Crippen LogP contribution in [0.1, 0.15) is 12.7 Å². The van der Waals surface area contributed by atoms with Crippen molar-refractivity contribution in [3.05, 3.63) is 22.8 Å². The van der Waals surface area contributed by atoms with Gasteiger partial charge in [0.1, 0.15) is 5.76 Å². The second-order valence-corrected chi connectivity index (χ2v) is 8.86. The lowest BCUT2D eigenvalue weighted by molar-refractivity contribution is 0.400. The van der Waals surface area contributed by atoms with Crippen LogP contribution in [-0.4, -0.2) is 23.0 Å². The summed E-state index contributed by atoms with van der Waals surface area (Å²) >= 11 is 4.76. The molecule has 94 valence electrons. The van der Waals surface area contributed by atoms with Gasteiger partial charge in [-0.2, -0.15) is 0 Å². The summed E-state index contributed by atoms with van der Waals surface area (Å²) in [6, 6.07) is 1.53. The van der Waals surface area contributed by atoms with Gasteiger partial charge in [-0.05, 0) is 24.8 Å². The lowest BCUT2D eigenvalue weighted by atomic mass is 10.4. The van der Waals surface area contributed by atoms with E-state index in [4.69, 9.17) is 4.52 Å². The van der Waals surface area contributed by atoms with Crippen molar-refractivity contribution < 1.29 is 12.9 Å². The number of nitrogens with zero attached hydrogens (tertiary/aromatic N) is 1. The van der Waals surface area contributed by atoms with E-state index in [1.165, 1.54) is 17.8 Å². The van der Waals surface area contributed by atoms with Gasteiger partial charge in [0.05, 0.1) is 0 Å². The van der Waals surface area contributed by atoms with Crippen LogP contribution in [0, 0.1) is 6.92 Å². The average Bonchev–Trinajstić information content (AvgIpc) is 2.74. The Morgan fingerprint density at radius 3 is 2.76 bits per heavy atom. The first kappa shape index (κ1) is 13.0. The number of alkyl halides is 1. The number of anilines is 1.